The van der Waals surface area contributed by atoms with Crippen molar-refractivity contribution in [1.82, 2.24) is 9.55 Å². The Bertz CT molecular complexity index is 1430. The number of fused-ring (bicyclic) bond motifs is 1. The molecule has 0 aliphatic heterocycles. The Kier molecular flexibility index (Phi) is 5.39. The molecule has 1 N–H and O–H groups in total. The maximum absolute atomic E-state index is 13.2. The molecule has 8 heteroatoms. The van der Waals surface area contributed by atoms with E-state index in [1.165, 1.54) is 29.0 Å². The standard InChI is InChI=1S/C23H19N3O4S/c1-16-12-13-19-22(28)20(31(29,30)18-10-6-3-7-11-18)14-26(23(19)24-16)15-21(27)25-17-8-4-2-5-9-17/h2-14H,15H2,1H3,(H,25,27). The van der Waals surface area contributed by atoms with Crippen molar-refractivity contribution in [3.63, 3.8) is 0 Å². The van der Waals surface area contributed by atoms with Crippen LogP contribution >= 0.6 is 0 Å². The first-order chi connectivity index (χ1) is 14.9. The fourth-order valence-electron chi connectivity index (χ4n) is 3.25. The number of amides is 1. The highest BCUT2D eigenvalue weighted by Gasteiger charge is 2.24. The Morgan fingerprint density at radius 1 is 0.968 bits per heavy atom. The SMILES string of the molecule is Cc1ccc2c(=O)c(S(=O)(=O)c3ccccc3)cn(CC(=O)Nc3ccccc3)c2n1. The highest BCUT2D eigenvalue weighted by molar-refractivity contribution is 7.91. The van der Waals surface area contributed by atoms with Gasteiger partial charge in [-0.1, -0.05) is 36.4 Å². The minimum absolute atomic E-state index is 0.00630. The van der Waals surface area contributed by atoms with Crippen LogP contribution in [0.15, 0.2) is 93.6 Å². The van der Waals surface area contributed by atoms with Crippen molar-refractivity contribution < 1.29 is 13.2 Å². The third-order valence-corrected chi connectivity index (χ3v) is 6.51. The molecule has 0 unspecified atom stereocenters. The van der Waals surface area contributed by atoms with Gasteiger partial charge < -0.3 is 9.88 Å². The number of nitrogens with zero attached hydrogens (tertiary/aromatic N) is 2. The zero-order valence-corrected chi connectivity index (χ0v) is 17.5. The predicted molar refractivity (Wildman–Crippen MR) is 118 cm³/mol. The lowest BCUT2D eigenvalue weighted by Gasteiger charge is -2.14. The molecule has 0 aliphatic rings. The van der Waals surface area contributed by atoms with E-state index in [1.54, 1.807) is 55.5 Å². The lowest BCUT2D eigenvalue weighted by atomic mass is 10.2. The fraction of sp³-hybridized carbons (Fsp3) is 0.0870. The molecule has 0 atom stereocenters. The van der Waals surface area contributed by atoms with Crippen LogP contribution in [0.2, 0.25) is 0 Å². The van der Waals surface area contributed by atoms with E-state index in [2.05, 4.69) is 10.3 Å². The average molecular weight is 433 g/mol. The van der Waals surface area contributed by atoms with Crippen LogP contribution in [-0.2, 0) is 21.2 Å². The molecule has 0 saturated carbocycles. The van der Waals surface area contributed by atoms with Gasteiger partial charge in [0, 0.05) is 17.6 Å². The number of nitrogens with one attached hydrogen (secondary N) is 1. The molecule has 4 aromatic rings. The molecule has 7 nitrogen and oxygen atoms in total. The summed E-state index contributed by atoms with van der Waals surface area (Å²) in [6, 6.07) is 19.8. The zero-order chi connectivity index (χ0) is 22.0. The van der Waals surface area contributed by atoms with Crippen LogP contribution < -0.4 is 10.7 Å². The molecule has 2 heterocycles. The third kappa shape index (κ3) is 4.10. The Labute approximate surface area is 178 Å². The van der Waals surface area contributed by atoms with Crippen LogP contribution in [0.25, 0.3) is 11.0 Å². The van der Waals surface area contributed by atoms with Crippen LogP contribution in [0.3, 0.4) is 0 Å². The maximum atomic E-state index is 13.2. The van der Waals surface area contributed by atoms with Gasteiger partial charge in [0.25, 0.3) is 0 Å². The average Bonchev–Trinajstić information content (AvgIpc) is 2.76. The van der Waals surface area contributed by atoms with Crippen LogP contribution in [0, 0.1) is 6.92 Å². The van der Waals surface area contributed by atoms with Gasteiger partial charge in [-0.15, -0.1) is 0 Å². The summed E-state index contributed by atoms with van der Waals surface area (Å²) in [5, 5.41) is 2.89. The second kappa shape index (κ2) is 8.16. The first kappa shape index (κ1) is 20.5. The first-order valence-electron chi connectivity index (χ1n) is 9.52. The first-order valence-corrected chi connectivity index (χ1v) is 11.0. The van der Waals surface area contributed by atoms with Crippen molar-refractivity contribution in [2.24, 2.45) is 0 Å². The van der Waals surface area contributed by atoms with E-state index in [0.717, 1.165) is 0 Å². The predicted octanol–water partition coefficient (Wildman–Crippen LogP) is 3.18. The van der Waals surface area contributed by atoms with Crippen molar-refractivity contribution >= 4 is 32.5 Å². The van der Waals surface area contributed by atoms with Crippen LogP contribution in [-0.4, -0.2) is 23.9 Å². The number of hydrogen-bond donors (Lipinski definition) is 1. The minimum atomic E-state index is -4.08. The minimum Gasteiger partial charge on any atom is -0.325 e. The van der Waals surface area contributed by atoms with Gasteiger partial charge in [0.1, 0.15) is 17.1 Å². The number of aryl methyl sites for hydroxylation is 1. The van der Waals surface area contributed by atoms with E-state index < -0.39 is 20.2 Å². The van der Waals surface area contributed by atoms with Gasteiger partial charge in [0.15, 0.2) is 0 Å². The number of rotatable bonds is 5. The molecule has 156 valence electrons. The van der Waals surface area contributed by atoms with Gasteiger partial charge in [0.2, 0.25) is 21.2 Å². The Hall–Kier alpha value is -3.78. The number of benzene rings is 2. The van der Waals surface area contributed by atoms with E-state index >= 15 is 0 Å². The zero-order valence-electron chi connectivity index (χ0n) is 16.6. The molecule has 2 aromatic heterocycles. The molecule has 0 radical (unpaired) electrons. The number of carbonyl (C=O) groups excluding carboxylic acids is 1. The molecule has 1 amide bonds. The van der Waals surface area contributed by atoms with Crippen LogP contribution in [0.5, 0.6) is 0 Å². The van der Waals surface area contributed by atoms with E-state index in [0.29, 0.717) is 11.4 Å². The number of hydrogen-bond acceptors (Lipinski definition) is 5. The molecule has 0 bridgehead atoms. The van der Waals surface area contributed by atoms with Crippen LogP contribution in [0.4, 0.5) is 5.69 Å². The topological polar surface area (TPSA) is 98.1 Å². The molecular weight excluding hydrogens is 414 g/mol. The largest absolute Gasteiger partial charge is 0.325 e. The molecule has 0 fully saturated rings. The van der Waals surface area contributed by atoms with E-state index in [4.69, 9.17) is 0 Å². The van der Waals surface area contributed by atoms with E-state index in [9.17, 15) is 18.0 Å². The number of anilines is 1. The summed E-state index contributed by atoms with van der Waals surface area (Å²) < 4.78 is 27.7. The summed E-state index contributed by atoms with van der Waals surface area (Å²) in [7, 11) is -4.08. The van der Waals surface area contributed by atoms with E-state index in [1.807, 2.05) is 6.07 Å². The monoisotopic (exact) mass is 433 g/mol. The molecule has 0 spiro atoms. The molecular formula is C23H19N3O4S. The summed E-state index contributed by atoms with van der Waals surface area (Å²) in [4.78, 5) is 29.7. The summed E-state index contributed by atoms with van der Waals surface area (Å²) in [6.07, 6.45) is 1.20. The summed E-state index contributed by atoms with van der Waals surface area (Å²) in [6.45, 7) is 1.55. The van der Waals surface area contributed by atoms with E-state index in [-0.39, 0.29) is 28.4 Å². The van der Waals surface area contributed by atoms with Crippen molar-refractivity contribution in [3.8, 4) is 0 Å². The summed E-state index contributed by atoms with van der Waals surface area (Å²) in [5.74, 6) is -0.373. The normalized spacial score (nSPS) is 11.4. The number of sulfone groups is 1. The Morgan fingerprint density at radius 2 is 1.61 bits per heavy atom. The van der Waals surface area contributed by atoms with Gasteiger partial charge in [-0.05, 0) is 43.3 Å². The van der Waals surface area contributed by atoms with Gasteiger partial charge in [-0.25, -0.2) is 13.4 Å². The lowest BCUT2D eigenvalue weighted by molar-refractivity contribution is -0.116. The molecule has 31 heavy (non-hydrogen) atoms. The Balaban J connectivity index is 1.84. The third-order valence-electron chi connectivity index (χ3n) is 4.74. The molecule has 4 rings (SSSR count). The second-order valence-corrected chi connectivity index (χ2v) is 8.92. The number of para-hydroxylation sites is 1. The Morgan fingerprint density at radius 3 is 2.29 bits per heavy atom. The van der Waals surface area contributed by atoms with Crippen molar-refractivity contribution in [2.75, 3.05) is 5.32 Å². The summed E-state index contributed by atoms with van der Waals surface area (Å²) in [5.41, 5.74) is 0.855. The smallest absolute Gasteiger partial charge is 0.244 e. The highest BCUT2D eigenvalue weighted by Crippen LogP contribution is 2.21. The maximum Gasteiger partial charge on any atom is 0.244 e. The number of aromatic nitrogens is 2. The van der Waals surface area contributed by atoms with Gasteiger partial charge in [-0.2, -0.15) is 0 Å². The number of carbonyl (C=O) groups is 1. The van der Waals surface area contributed by atoms with Gasteiger partial charge in [0.05, 0.1) is 10.3 Å². The van der Waals surface area contributed by atoms with Gasteiger partial charge in [-0.3, -0.25) is 9.59 Å². The van der Waals surface area contributed by atoms with Crippen molar-refractivity contribution in [2.45, 2.75) is 23.3 Å². The van der Waals surface area contributed by atoms with Crippen molar-refractivity contribution in [1.29, 1.82) is 0 Å². The fourth-order valence-corrected chi connectivity index (χ4v) is 4.64. The van der Waals surface area contributed by atoms with Crippen molar-refractivity contribution in [3.05, 3.63) is 94.9 Å². The van der Waals surface area contributed by atoms with Gasteiger partial charge >= 0.3 is 0 Å². The quantitative estimate of drug-likeness (QED) is 0.521. The summed E-state index contributed by atoms with van der Waals surface area (Å²) >= 11 is 0. The van der Waals surface area contributed by atoms with Crippen LogP contribution in [0.1, 0.15) is 5.69 Å². The highest BCUT2D eigenvalue weighted by atomic mass is 32.2. The molecule has 0 saturated heterocycles. The second-order valence-electron chi connectivity index (χ2n) is 7.00. The molecule has 0 aliphatic carbocycles. The lowest BCUT2D eigenvalue weighted by Crippen LogP contribution is -2.24. The number of pyridine rings is 2. The molecule has 2 aromatic carbocycles.